The summed E-state index contributed by atoms with van der Waals surface area (Å²) in [5.41, 5.74) is 7.13. The van der Waals surface area contributed by atoms with E-state index in [0.29, 0.717) is 23.6 Å². The average Bonchev–Trinajstić information content (AvgIpc) is 3.53. The molecule has 1 aromatic carbocycles. The van der Waals surface area contributed by atoms with E-state index in [1.54, 1.807) is 17.9 Å². The van der Waals surface area contributed by atoms with Crippen molar-refractivity contribution >= 4 is 17.1 Å². The zero-order chi connectivity index (χ0) is 24.3. The van der Waals surface area contributed by atoms with Gasteiger partial charge in [-0.25, -0.2) is 19.3 Å². The number of esters is 1. The van der Waals surface area contributed by atoms with E-state index in [0.717, 1.165) is 53.9 Å². The van der Waals surface area contributed by atoms with Crippen LogP contribution in [0.15, 0.2) is 39.9 Å². The maximum Gasteiger partial charge on any atom is 0.419 e. The molecule has 35 heavy (non-hydrogen) atoms. The number of carbonyl (C=O) groups is 1. The summed E-state index contributed by atoms with van der Waals surface area (Å²) < 4.78 is 13.7. The quantitative estimate of drug-likeness (QED) is 0.449. The molecule has 0 unspecified atom stereocenters. The first-order valence-corrected chi connectivity index (χ1v) is 11.6. The smallest absolute Gasteiger partial charge is 0.419 e. The maximum absolute atomic E-state index is 11.9. The molecule has 0 amide bonds. The van der Waals surface area contributed by atoms with Crippen molar-refractivity contribution in [3.05, 3.63) is 74.7 Å². The number of hydrogen-bond donors (Lipinski definition) is 1. The molecule has 2 aliphatic rings. The Morgan fingerprint density at radius 2 is 2.03 bits per heavy atom. The molecule has 0 aliphatic carbocycles. The van der Waals surface area contributed by atoms with Crippen molar-refractivity contribution in [1.82, 2.24) is 29.5 Å². The summed E-state index contributed by atoms with van der Waals surface area (Å²) in [6.07, 6.45) is 5.42. The van der Waals surface area contributed by atoms with E-state index in [9.17, 15) is 9.59 Å². The van der Waals surface area contributed by atoms with E-state index in [2.05, 4.69) is 27.2 Å². The summed E-state index contributed by atoms with van der Waals surface area (Å²) in [6.45, 7) is 7.75. The van der Waals surface area contributed by atoms with Crippen molar-refractivity contribution in [2.75, 3.05) is 19.6 Å². The molecule has 0 saturated carbocycles. The molecule has 2 aliphatic heterocycles. The number of aromatic nitrogens is 4. The van der Waals surface area contributed by atoms with Crippen LogP contribution in [0.2, 0.25) is 0 Å². The summed E-state index contributed by atoms with van der Waals surface area (Å²) in [7, 11) is 1.69. The van der Waals surface area contributed by atoms with Gasteiger partial charge >= 0.3 is 11.7 Å². The number of hydrogen-bond acceptors (Lipinski definition) is 8. The zero-order valence-corrected chi connectivity index (χ0v) is 19.9. The molecule has 4 aromatic rings. The van der Waals surface area contributed by atoms with Crippen molar-refractivity contribution in [3.63, 3.8) is 0 Å². The summed E-state index contributed by atoms with van der Waals surface area (Å²) >= 11 is 0. The van der Waals surface area contributed by atoms with E-state index in [4.69, 9.17) is 9.15 Å². The molecule has 180 valence electrons. The van der Waals surface area contributed by atoms with Crippen LogP contribution in [0.5, 0.6) is 0 Å². The zero-order valence-electron chi connectivity index (χ0n) is 19.9. The summed E-state index contributed by atoms with van der Waals surface area (Å²) in [4.78, 5) is 30.7. The van der Waals surface area contributed by atoms with Crippen molar-refractivity contribution in [2.45, 2.75) is 33.0 Å². The van der Waals surface area contributed by atoms with Crippen molar-refractivity contribution in [3.8, 4) is 5.82 Å². The topological polar surface area (TPSA) is 107 Å². The first-order valence-electron chi connectivity index (χ1n) is 11.6. The maximum atomic E-state index is 11.9. The molecule has 1 saturated heterocycles. The fourth-order valence-corrected chi connectivity index (χ4v) is 5.27. The average molecular weight is 475 g/mol. The van der Waals surface area contributed by atoms with Gasteiger partial charge in [0.1, 0.15) is 6.61 Å². The molecule has 1 fully saturated rings. The molecule has 5 heterocycles. The van der Waals surface area contributed by atoms with Crippen LogP contribution in [0, 0.1) is 13.8 Å². The molecular weight excluding hydrogens is 448 g/mol. The number of fused-ring (bicyclic) bond motifs is 2. The van der Waals surface area contributed by atoms with Crippen LogP contribution in [0.4, 0.5) is 0 Å². The third-order valence-corrected chi connectivity index (χ3v) is 7.14. The van der Waals surface area contributed by atoms with Gasteiger partial charge in [-0.05, 0) is 31.0 Å². The van der Waals surface area contributed by atoms with Gasteiger partial charge in [-0.1, -0.05) is 6.07 Å². The Kier molecular flexibility index (Phi) is 5.08. The van der Waals surface area contributed by atoms with E-state index in [1.807, 2.05) is 31.5 Å². The number of pyridine rings is 1. The minimum atomic E-state index is -0.408. The van der Waals surface area contributed by atoms with Crippen LogP contribution >= 0.6 is 0 Å². The monoisotopic (exact) mass is 474 g/mol. The molecule has 10 heteroatoms. The standard InChI is InChI=1S/C25H26N6O4/c1-14-17(4-5-18-19(14)13-34-24(18)32)20-12-30(7-6-26-20)10-16-8-28-31(11-16)23-15(2)22-21(9-27-23)35-25(33)29(22)3/h4-5,8-9,11,20,26H,6-7,10,12-13H2,1-3H3/t20-/m0/s1. The van der Waals surface area contributed by atoms with Gasteiger partial charge in [0.25, 0.3) is 0 Å². The van der Waals surface area contributed by atoms with Gasteiger partial charge in [0.15, 0.2) is 11.4 Å². The molecule has 1 N–H and O–H groups in total. The third kappa shape index (κ3) is 3.57. The Morgan fingerprint density at radius 3 is 2.89 bits per heavy atom. The van der Waals surface area contributed by atoms with Gasteiger partial charge in [0.05, 0.1) is 23.5 Å². The summed E-state index contributed by atoms with van der Waals surface area (Å²) in [5, 5.41) is 8.16. The van der Waals surface area contributed by atoms with Crippen LogP contribution in [-0.2, 0) is 24.9 Å². The lowest BCUT2D eigenvalue weighted by molar-refractivity contribution is 0.0535. The number of piperazine rings is 1. The van der Waals surface area contributed by atoms with Gasteiger partial charge in [0.2, 0.25) is 0 Å². The van der Waals surface area contributed by atoms with Crippen molar-refractivity contribution < 1.29 is 13.9 Å². The van der Waals surface area contributed by atoms with Crippen LogP contribution in [0.1, 0.15) is 44.2 Å². The molecule has 0 radical (unpaired) electrons. The van der Waals surface area contributed by atoms with Crippen LogP contribution in [-0.4, -0.2) is 49.8 Å². The molecule has 1 atom stereocenters. The van der Waals surface area contributed by atoms with Gasteiger partial charge < -0.3 is 14.5 Å². The lowest BCUT2D eigenvalue weighted by atomic mass is 9.93. The van der Waals surface area contributed by atoms with Gasteiger partial charge in [-0.15, -0.1) is 0 Å². The number of ether oxygens (including phenoxy) is 1. The normalized spacial score (nSPS) is 18.3. The number of aryl methyl sites for hydroxylation is 2. The largest absolute Gasteiger partial charge is 0.457 e. The van der Waals surface area contributed by atoms with Crippen molar-refractivity contribution in [2.24, 2.45) is 7.05 Å². The highest BCUT2D eigenvalue weighted by Crippen LogP contribution is 2.30. The Labute approximate surface area is 201 Å². The van der Waals surface area contributed by atoms with Crippen LogP contribution in [0.25, 0.3) is 16.9 Å². The second-order valence-electron chi connectivity index (χ2n) is 9.26. The number of carbonyl (C=O) groups excluding carboxylic acids is 1. The fraction of sp³-hybridized carbons (Fsp3) is 0.360. The fourth-order valence-electron chi connectivity index (χ4n) is 5.27. The summed E-state index contributed by atoms with van der Waals surface area (Å²) in [5.74, 6) is 0.0295. The highest BCUT2D eigenvalue weighted by atomic mass is 16.5. The first-order chi connectivity index (χ1) is 16.9. The Bertz CT molecular complexity index is 1530. The number of benzene rings is 1. The number of oxazole rings is 1. The predicted molar refractivity (Wildman–Crippen MR) is 127 cm³/mol. The number of rotatable bonds is 4. The van der Waals surface area contributed by atoms with E-state index in [-0.39, 0.29) is 12.0 Å². The van der Waals surface area contributed by atoms with E-state index in [1.165, 1.54) is 10.1 Å². The minimum Gasteiger partial charge on any atom is -0.457 e. The summed E-state index contributed by atoms with van der Waals surface area (Å²) in [6, 6.07) is 4.11. The number of nitrogens with zero attached hydrogens (tertiary/aromatic N) is 5. The molecule has 10 nitrogen and oxygen atoms in total. The lowest BCUT2D eigenvalue weighted by Gasteiger charge is -2.34. The van der Waals surface area contributed by atoms with Crippen LogP contribution < -0.4 is 11.1 Å². The van der Waals surface area contributed by atoms with Crippen LogP contribution in [0.3, 0.4) is 0 Å². The second-order valence-corrected chi connectivity index (χ2v) is 9.26. The third-order valence-electron chi connectivity index (χ3n) is 7.14. The van der Waals surface area contributed by atoms with Gasteiger partial charge in [-0.2, -0.15) is 5.10 Å². The Balaban J connectivity index is 1.21. The van der Waals surface area contributed by atoms with Gasteiger partial charge in [0, 0.05) is 62.2 Å². The van der Waals surface area contributed by atoms with Crippen molar-refractivity contribution in [1.29, 1.82) is 0 Å². The minimum absolute atomic E-state index is 0.175. The predicted octanol–water partition coefficient (Wildman–Crippen LogP) is 2.15. The Hall–Kier alpha value is -3.76. The molecule has 3 aromatic heterocycles. The molecule has 0 spiro atoms. The lowest BCUT2D eigenvalue weighted by Crippen LogP contribution is -2.45. The van der Waals surface area contributed by atoms with E-state index >= 15 is 0 Å². The molecular formula is C25H26N6O4. The SMILES string of the molecule is Cc1c([C@@H]2CN(Cc3cnn(-c4ncc5oc(=O)n(C)c5c4C)c3)CCN2)ccc2c1COC2=O. The van der Waals surface area contributed by atoms with Gasteiger partial charge in [-0.3, -0.25) is 9.47 Å². The second kappa shape index (κ2) is 8.17. The number of nitrogens with one attached hydrogen (secondary N) is 1. The highest BCUT2D eigenvalue weighted by molar-refractivity contribution is 5.94. The van der Waals surface area contributed by atoms with E-state index < -0.39 is 5.76 Å². The molecule has 6 rings (SSSR count). The highest BCUT2D eigenvalue weighted by Gasteiger charge is 2.28. The first kappa shape index (κ1) is 21.8. The number of cyclic esters (lactones) is 1. The Morgan fingerprint density at radius 1 is 1.17 bits per heavy atom. The molecule has 0 bridgehead atoms.